The van der Waals surface area contributed by atoms with Crippen LogP contribution in [0.5, 0.6) is 5.75 Å². The minimum Gasteiger partial charge on any atom is -0.403 e. The van der Waals surface area contributed by atoms with Crippen LogP contribution in [-0.4, -0.2) is 25.2 Å². The highest BCUT2D eigenvalue weighted by Gasteiger charge is 2.19. The van der Waals surface area contributed by atoms with Crippen molar-refractivity contribution in [1.29, 1.82) is 0 Å². The molecule has 0 saturated heterocycles. The molecule has 0 bridgehead atoms. The molecule has 3 rings (SSSR count). The molecule has 26 heavy (non-hydrogen) atoms. The summed E-state index contributed by atoms with van der Waals surface area (Å²) in [6.07, 6.45) is 0. The lowest BCUT2D eigenvalue weighted by atomic mass is 10.2. The van der Waals surface area contributed by atoms with Gasteiger partial charge in [0.05, 0.1) is 3.57 Å². The highest BCUT2D eigenvalue weighted by molar-refractivity contribution is 14.1. The van der Waals surface area contributed by atoms with Gasteiger partial charge in [0.2, 0.25) is 5.89 Å². The summed E-state index contributed by atoms with van der Waals surface area (Å²) < 4.78 is 36.5. The van der Waals surface area contributed by atoms with Crippen LogP contribution in [0, 0.1) is 10.5 Å². The Morgan fingerprint density at radius 1 is 1.15 bits per heavy atom. The fraction of sp³-hybridized carbons (Fsp3) is 0.176. The number of anilines is 1. The first-order valence-corrected chi connectivity index (χ1v) is 10.3. The third-order valence-electron chi connectivity index (χ3n) is 3.44. The average molecular weight is 485 g/mol. The summed E-state index contributed by atoms with van der Waals surface area (Å²) in [4.78, 5) is 0.0940. The van der Waals surface area contributed by atoms with E-state index >= 15 is 0 Å². The van der Waals surface area contributed by atoms with Gasteiger partial charge in [-0.25, -0.2) is 0 Å². The van der Waals surface area contributed by atoms with Gasteiger partial charge in [0, 0.05) is 12.1 Å². The Morgan fingerprint density at radius 3 is 2.58 bits per heavy atom. The summed E-state index contributed by atoms with van der Waals surface area (Å²) in [5, 5.41) is 10.7. The first kappa shape index (κ1) is 18.6. The van der Waals surface area contributed by atoms with Crippen LogP contribution in [0.1, 0.15) is 12.5 Å². The molecule has 9 heteroatoms. The molecule has 0 fully saturated rings. The van der Waals surface area contributed by atoms with E-state index in [2.05, 4.69) is 15.5 Å². The third-order valence-corrected chi connectivity index (χ3v) is 5.58. The van der Waals surface area contributed by atoms with Gasteiger partial charge < -0.3 is 13.9 Å². The Labute approximate surface area is 165 Å². The second-order valence-corrected chi connectivity index (χ2v) is 8.15. The lowest BCUT2D eigenvalue weighted by molar-refractivity contribution is 0.484. The molecule has 0 saturated carbocycles. The Balaban J connectivity index is 1.91. The normalized spacial score (nSPS) is 11.3. The zero-order valence-corrected chi connectivity index (χ0v) is 17.0. The fourth-order valence-electron chi connectivity index (χ4n) is 2.13. The third kappa shape index (κ3) is 4.15. The van der Waals surface area contributed by atoms with Gasteiger partial charge in [-0.2, -0.15) is 8.42 Å². The highest BCUT2D eigenvalue weighted by Crippen LogP contribution is 2.30. The Bertz CT molecular complexity index is 1020. The molecule has 0 aliphatic heterocycles. The van der Waals surface area contributed by atoms with Crippen LogP contribution in [0.15, 0.2) is 51.8 Å². The zero-order valence-electron chi connectivity index (χ0n) is 14.1. The molecule has 0 aliphatic carbocycles. The zero-order chi connectivity index (χ0) is 18.7. The van der Waals surface area contributed by atoms with Crippen LogP contribution in [0.4, 0.5) is 6.01 Å². The van der Waals surface area contributed by atoms with Gasteiger partial charge >= 0.3 is 16.1 Å². The molecule has 0 amide bonds. The predicted octanol–water partition coefficient (Wildman–Crippen LogP) is 3.85. The van der Waals surface area contributed by atoms with E-state index < -0.39 is 10.1 Å². The van der Waals surface area contributed by atoms with Crippen molar-refractivity contribution < 1.29 is 17.0 Å². The van der Waals surface area contributed by atoms with Gasteiger partial charge in [-0.15, -0.1) is 5.10 Å². The lowest BCUT2D eigenvalue weighted by Crippen LogP contribution is -2.10. The van der Waals surface area contributed by atoms with Gasteiger partial charge in [0.1, 0.15) is 4.90 Å². The van der Waals surface area contributed by atoms with Gasteiger partial charge in [-0.1, -0.05) is 22.8 Å². The van der Waals surface area contributed by atoms with Crippen molar-refractivity contribution in [2.75, 3.05) is 11.9 Å². The molecule has 0 aliphatic rings. The van der Waals surface area contributed by atoms with E-state index in [1.54, 1.807) is 30.3 Å². The summed E-state index contributed by atoms with van der Waals surface area (Å²) in [7, 11) is -3.94. The molecule has 1 heterocycles. The molecule has 136 valence electrons. The SMILES string of the molecule is CCNc1nnc(-c2ccc(I)c(OS(=O)(=O)c3ccc(C)cc3)c2)o1. The van der Waals surface area contributed by atoms with Crippen molar-refractivity contribution >= 4 is 38.7 Å². The first-order chi connectivity index (χ1) is 12.4. The van der Waals surface area contributed by atoms with E-state index in [9.17, 15) is 8.42 Å². The number of aryl methyl sites for hydroxylation is 1. The summed E-state index contributed by atoms with van der Waals surface area (Å²) in [5.41, 5.74) is 1.53. The van der Waals surface area contributed by atoms with E-state index in [1.807, 2.05) is 36.4 Å². The summed E-state index contributed by atoms with van der Waals surface area (Å²) >= 11 is 2.01. The van der Waals surface area contributed by atoms with E-state index in [0.717, 1.165) is 5.56 Å². The Hall–Kier alpha value is -2.14. The number of aromatic nitrogens is 2. The van der Waals surface area contributed by atoms with E-state index in [4.69, 9.17) is 8.60 Å². The van der Waals surface area contributed by atoms with Gasteiger partial charge in [-0.3, -0.25) is 0 Å². The van der Waals surface area contributed by atoms with Crippen molar-refractivity contribution in [3.05, 3.63) is 51.6 Å². The van der Waals surface area contributed by atoms with Crippen LogP contribution in [0.2, 0.25) is 0 Å². The lowest BCUT2D eigenvalue weighted by Gasteiger charge is -2.09. The maximum atomic E-state index is 12.5. The molecule has 0 atom stereocenters. The maximum absolute atomic E-state index is 12.5. The topological polar surface area (TPSA) is 94.3 Å². The number of rotatable bonds is 6. The van der Waals surface area contributed by atoms with E-state index in [0.29, 0.717) is 21.7 Å². The number of halogens is 1. The number of nitrogens with zero attached hydrogens (tertiary/aromatic N) is 2. The fourth-order valence-corrected chi connectivity index (χ4v) is 3.67. The summed E-state index contributed by atoms with van der Waals surface area (Å²) in [6.45, 7) is 4.45. The predicted molar refractivity (Wildman–Crippen MR) is 106 cm³/mol. The van der Waals surface area contributed by atoms with Crippen LogP contribution in [0.3, 0.4) is 0 Å². The van der Waals surface area contributed by atoms with Crippen LogP contribution in [-0.2, 0) is 10.1 Å². The number of hydrogen-bond acceptors (Lipinski definition) is 7. The maximum Gasteiger partial charge on any atom is 0.339 e. The van der Waals surface area contributed by atoms with Gasteiger partial charge in [0.25, 0.3) is 0 Å². The minimum atomic E-state index is -3.94. The van der Waals surface area contributed by atoms with Crippen LogP contribution in [0.25, 0.3) is 11.5 Å². The summed E-state index contributed by atoms with van der Waals surface area (Å²) in [6, 6.07) is 11.8. The second-order valence-electron chi connectivity index (χ2n) is 5.44. The smallest absolute Gasteiger partial charge is 0.339 e. The number of hydrogen-bond donors (Lipinski definition) is 1. The van der Waals surface area contributed by atoms with E-state index in [1.165, 1.54) is 12.1 Å². The van der Waals surface area contributed by atoms with Crippen molar-refractivity contribution in [1.82, 2.24) is 10.2 Å². The van der Waals surface area contributed by atoms with Crippen molar-refractivity contribution in [3.63, 3.8) is 0 Å². The Morgan fingerprint density at radius 2 is 1.88 bits per heavy atom. The van der Waals surface area contributed by atoms with Gasteiger partial charge in [-0.05, 0) is 66.8 Å². The standard InChI is InChI=1S/C17H16IN3O4S/c1-3-19-17-21-20-16(24-17)12-6-9-14(18)15(10-12)25-26(22,23)13-7-4-11(2)5-8-13/h4-10H,3H2,1-2H3,(H,19,21). The molecule has 1 aromatic heterocycles. The molecule has 1 N–H and O–H groups in total. The first-order valence-electron chi connectivity index (χ1n) is 7.77. The van der Waals surface area contributed by atoms with Crippen molar-refractivity contribution in [2.45, 2.75) is 18.7 Å². The summed E-state index contributed by atoms with van der Waals surface area (Å²) in [5.74, 6) is 0.474. The van der Waals surface area contributed by atoms with Crippen LogP contribution < -0.4 is 9.50 Å². The van der Waals surface area contributed by atoms with Crippen molar-refractivity contribution in [2.24, 2.45) is 0 Å². The minimum absolute atomic E-state index is 0.0940. The highest BCUT2D eigenvalue weighted by atomic mass is 127. The van der Waals surface area contributed by atoms with Crippen LogP contribution >= 0.6 is 22.6 Å². The largest absolute Gasteiger partial charge is 0.403 e. The molecule has 3 aromatic rings. The molecule has 0 unspecified atom stereocenters. The molecule has 0 spiro atoms. The van der Waals surface area contributed by atoms with E-state index in [-0.39, 0.29) is 16.5 Å². The van der Waals surface area contributed by atoms with Crippen molar-refractivity contribution in [3.8, 4) is 17.2 Å². The Kier molecular flexibility index (Phi) is 5.47. The molecular formula is C17H16IN3O4S. The number of benzene rings is 2. The van der Waals surface area contributed by atoms with Gasteiger partial charge in [0.15, 0.2) is 5.75 Å². The average Bonchev–Trinajstić information content (AvgIpc) is 3.06. The number of nitrogens with one attached hydrogen (secondary N) is 1. The molecule has 2 aromatic carbocycles. The second kappa shape index (κ2) is 7.62. The molecule has 7 nitrogen and oxygen atoms in total. The molecular weight excluding hydrogens is 469 g/mol. The molecule has 0 radical (unpaired) electrons. The monoisotopic (exact) mass is 485 g/mol. The quantitative estimate of drug-likeness (QED) is 0.419.